The van der Waals surface area contributed by atoms with Crippen LogP contribution in [0.4, 0.5) is 0 Å². The lowest BCUT2D eigenvalue weighted by Crippen LogP contribution is -2.54. The molecule has 0 bridgehead atoms. The number of fused-ring (bicyclic) bond motifs is 1. The molecule has 7 heteroatoms. The van der Waals surface area contributed by atoms with Crippen LogP contribution >= 0.6 is 0 Å². The highest BCUT2D eigenvalue weighted by Crippen LogP contribution is 2.62. The van der Waals surface area contributed by atoms with E-state index >= 15 is 0 Å². The summed E-state index contributed by atoms with van der Waals surface area (Å²) in [5.41, 5.74) is 1.53. The number of carboxylic acid groups (broad SMARTS) is 1. The molecule has 0 aromatic heterocycles. The van der Waals surface area contributed by atoms with Crippen LogP contribution in [0.15, 0.2) is 12.2 Å². The summed E-state index contributed by atoms with van der Waals surface area (Å²) in [6.07, 6.45) is 6.07. The minimum Gasteiger partial charge on any atom is -0.550 e. The number of quaternary nitrogens is 1. The first-order valence-electron chi connectivity index (χ1n) is 11.1. The Bertz CT molecular complexity index is 582. The largest absolute Gasteiger partial charge is 0.550 e. The van der Waals surface area contributed by atoms with Crippen LogP contribution in [0, 0.1) is 28.6 Å². The highest BCUT2D eigenvalue weighted by atomic mass is 16.4. The van der Waals surface area contributed by atoms with E-state index in [1.54, 1.807) is 0 Å². The Balaban J connectivity index is 0.000000827. The van der Waals surface area contributed by atoms with E-state index < -0.39 is 12.1 Å². The van der Waals surface area contributed by atoms with Crippen LogP contribution in [-0.4, -0.2) is 53.2 Å². The van der Waals surface area contributed by atoms with E-state index in [2.05, 4.69) is 25.7 Å². The van der Waals surface area contributed by atoms with Crippen LogP contribution in [0.1, 0.15) is 65.7 Å². The first-order valence-corrected chi connectivity index (χ1v) is 11.1. The van der Waals surface area contributed by atoms with Crippen LogP contribution < -0.4 is 16.6 Å². The Kier molecular flexibility index (Phi) is 9.96. The van der Waals surface area contributed by atoms with Crippen LogP contribution in [-0.2, 0) is 4.79 Å². The van der Waals surface area contributed by atoms with E-state index in [1.165, 1.54) is 18.4 Å². The van der Waals surface area contributed by atoms with E-state index in [1.807, 2.05) is 0 Å². The van der Waals surface area contributed by atoms with Crippen LogP contribution in [0.25, 0.3) is 0 Å². The molecule has 0 aromatic carbocycles. The lowest BCUT2D eigenvalue weighted by Gasteiger charge is -2.55. The number of rotatable bonds is 5. The number of aliphatic hydroxyl groups is 3. The molecule has 0 amide bonds. The van der Waals surface area contributed by atoms with Gasteiger partial charge in [-0.15, -0.1) is 0 Å². The van der Waals surface area contributed by atoms with Crippen molar-refractivity contribution in [3.05, 3.63) is 12.2 Å². The highest BCUT2D eigenvalue weighted by molar-refractivity contribution is 5.60. The van der Waals surface area contributed by atoms with Crippen molar-refractivity contribution >= 4 is 5.97 Å². The molecule has 0 radical (unpaired) electrons. The van der Waals surface area contributed by atoms with Gasteiger partial charge >= 0.3 is 0 Å². The second-order valence-corrected chi connectivity index (χ2v) is 9.84. The summed E-state index contributed by atoms with van der Waals surface area (Å²) in [5, 5.41) is 42.3. The van der Waals surface area contributed by atoms with Crippen molar-refractivity contribution in [3.63, 3.8) is 0 Å². The molecule has 7 atom stereocenters. The van der Waals surface area contributed by atoms with Crippen molar-refractivity contribution in [2.45, 2.75) is 77.9 Å². The molecule has 3 fully saturated rings. The second kappa shape index (κ2) is 11.0. The smallest absolute Gasteiger partial charge is 0.0621 e. The third-order valence-electron chi connectivity index (χ3n) is 8.18. The number of aliphatic hydroxyl groups excluding tert-OH is 3. The Labute approximate surface area is 181 Å². The fourth-order valence-electron chi connectivity index (χ4n) is 6.37. The van der Waals surface area contributed by atoms with Gasteiger partial charge < -0.3 is 36.7 Å². The van der Waals surface area contributed by atoms with Gasteiger partial charge in [0, 0.05) is 12.5 Å². The van der Waals surface area contributed by atoms with Crippen molar-refractivity contribution in [1.82, 2.24) is 11.5 Å². The zero-order valence-electron chi connectivity index (χ0n) is 19.3. The molecule has 176 valence electrons. The van der Waals surface area contributed by atoms with Crippen LogP contribution in [0.5, 0.6) is 0 Å². The van der Waals surface area contributed by atoms with Crippen molar-refractivity contribution < 1.29 is 25.2 Å². The lowest BCUT2D eigenvalue weighted by molar-refractivity contribution is -0.302. The SMILES string of the molecule is C=C1CCC2[C@@H](CNCCO)C([C@@]3(C)CC[C@H](O)C[C@@H]3O)CC[C@@]12C.CC(=O)[O-].[NH4+]. The van der Waals surface area contributed by atoms with Gasteiger partial charge in [-0.25, -0.2) is 0 Å². The molecule has 8 N–H and O–H groups in total. The number of carboxylic acids is 1. The molecule has 3 aliphatic rings. The fourth-order valence-corrected chi connectivity index (χ4v) is 6.37. The third kappa shape index (κ3) is 5.62. The minimum atomic E-state index is -1.08. The number of nitrogens with one attached hydrogen (secondary N) is 1. The van der Waals surface area contributed by atoms with Crippen molar-refractivity contribution in [1.29, 1.82) is 0 Å². The summed E-state index contributed by atoms with van der Waals surface area (Å²) in [6, 6.07) is 0. The number of carbonyl (C=O) groups excluding carboxylic acids is 1. The predicted octanol–water partition coefficient (Wildman–Crippen LogP) is 1.61. The summed E-state index contributed by atoms with van der Waals surface area (Å²) in [6.45, 7) is 11.7. The molecule has 0 aromatic rings. The van der Waals surface area contributed by atoms with Gasteiger partial charge in [0.05, 0.1) is 18.8 Å². The van der Waals surface area contributed by atoms with Crippen LogP contribution in [0.2, 0.25) is 0 Å². The number of hydrogen-bond acceptors (Lipinski definition) is 6. The first-order chi connectivity index (χ1) is 13.6. The molecule has 3 aliphatic carbocycles. The van der Waals surface area contributed by atoms with E-state index in [4.69, 9.17) is 15.0 Å². The van der Waals surface area contributed by atoms with Crippen molar-refractivity contribution in [2.24, 2.45) is 28.6 Å². The number of allylic oxidation sites excluding steroid dienone is 1. The number of hydrogen-bond donors (Lipinski definition) is 5. The zero-order valence-corrected chi connectivity index (χ0v) is 19.3. The molecule has 0 spiro atoms. The lowest BCUT2D eigenvalue weighted by atomic mass is 9.51. The van der Waals surface area contributed by atoms with Crippen molar-refractivity contribution in [2.75, 3.05) is 19.7 Å². The van der Waals surface area contributed by atoms with E-state index in [9.17, 15) is 10.2 Å². The molecule has 0 heterocycles. The first kappa shape index (κ1) is 27.0. The fraction of sp³-hybridized carbons (Fsp3) is 0.870. The molecule has 0 saturated heterocycles. The van der Waals surface area contributed by atoms with Gasteiger partial charge in [-0.3, -0.25) is 0 Å². The summed E-state index contributed by atoms with van der Waals surface area (Å²) in [5.74, 6) is 0.491. The van der Waals surface area contributed by atoms with Gasteiger partial charge in [-0.1, -0.05) is 26.0 Å². The minimum absolute atomic E-state index is 0. The van der Waals surface area contributed by atoms with E-state index in [0.29, 0.717) is 30.7 Å². The molecular formula is C23H44N2O5. The van der Waals surface area contributed by atoms with E-state index in [-0.39, 0.29) is 29.7 Å². The monoisotopic (exact) mass is 428 g/mol. The van der Waals surface area contributed by atoms with Gasteiger partial charge in [0.2, 0.25) is 0 Å². The highest BCUT2D eigenvalue weighted by Gasteiger charge is 2.56. The maximum atomic E-state index is 10.9. The van der Waals surface area contributed by atoms with Gasteiger partial charge in [-0.05, 0) is 87.0 Å². The zero-order chi connectivity index (χ0) is 21.8. The summed E-state index contributed by atoms with van der Waals surface area (Å²) >= 11 is 0. The Morgan fingerprint density at radius 2 is 1.83 bits per heavy atom. The summed E-state index contributed by atoms with van der Waals surface area (Å²) in [7, 11) is 0. The topological polar surface area (TPSA) is 149 Å². The van der Waals surface area contributed by atoms with Gasteiger partial charge in [0.15, 0.2) is 0 Å². The molecule has 2 unspecified atom stereocenters. The maximum absolute atomic E-state index is 10.9. The second-order valence-electron chi connectivity index (χ2n) is 9.84. The quantitative estimate of drug-likeness (QED) is 0.332. The molecule has 3 saturated carbocycles. The van der Waals surface area contributed by atoms with Crippen LogP contribution in [0.3, 0.4) is 0 Å². The summed E-state index contributed by atoms with van der Waals surface area (Å²) < 4.78 is 0. The molecule has 3 rings (SSSR count). The normalized spacial score (nSPS) is 40.6. The average molecular weight is 429 g/mol. The number of aliphatic carboxylic acids is 1. The predicted molar refractivity (Wildman–Crippen MR) is 117 cm³/mol. The molecule has 30 heavy (non-hydrogen) atoms. The van der Waals surface area contributed by atoms with Crippen molar-refractivity contribution in [3.8, 4) is 0 Å². The Morgan fingerprint density at radius 1 is 1.20 bits per heavy atom. The maximum Gasteiger partial charge on any atom is 0.0621 e. The average Bonchev–Trinajstić information content (AvgIpc) is 2.94. The van der Waals surface area contributed by atoms with E-state index in [0.717, 1.165) is 39.2 Å². The van der Waals surface area contributed by atoms with Gasteiger partial charge in [0.1, 0.15) is 0 Å². The molecular weight excluding hydrogens is 384 g/mol. The molecule has 7 nitrogen and oxygen atoms in total. The summed E-state index contributed by atoms with van der Waals surface area (Å²) in [4.78, 5) is 8.89. The number of carbonyl (C=O) groups is 1. The van der Waals surface area contributed by atoms with Gasteiger partial charge in [-0.2, -0.15) is 0 Å². The molecule has 0 aliphatic heterocycles. The standard InChI is InChI=1S/C21H37NO3.C2H4O2.H3N/c1-14-4-5-17-16(13-22-10-11-23)18(7-9-20(14,17)2)21(3)8-6-15(24)12-19(21)25;1-2(3)4;/h15-19,22-25H,1,4-13H2,2-3H3;1H3,(H,3,4);1H3/t15-,16+,17?,18?,19-,20-,21+;;/m0../s1. The Morgan fingerprint density at radius 3 is 2.40 bits per heavy atom. The Hall–Kier alpha value is -0.990. The third-order valence-corrected chi connectivity index (χ3v) is 8.18. The van der Waals surface area contributed by atoms with Gasteiger partial charge in [0.25, 0.3) is 0 Å².